The Bertz CT molecular complexity index is 118. The molecule has 0 saturated carbocycles. The van der Waals surface area contributed by atoms with E-state index in [1.165, 1.54) is 50.5 Å². The molecule has 0 nitrogen and oxygen atoms in total. The van der Waals surface area contributed by atoms with Gasteiger partial charge >= 0.3 is 0 Å². The average molecular weight is 203 g/mol. The molecule has 0 amide bonds. The Morgan fingerprint density at radius 2 is 1.54 bits per heavy atom. The molecule has 0 aliphatic heterocycles. The third kappa shape index (κ3) is 9.95. The van der Waals surface area contributed by atoms with E-state index in [1.54, 1.807) is 0 Å². The van der Waals surface area contributed by atoms with Gasteiger partial charge in [-0.15, -0.1) is 11.6 Å². The summed E-state index contributed by atoms with van der Waals surface area (Å²) in [6.07, 6.45) is 10.7. The lowest BCUT2D eigenvalue weighted by atomic mass is 10.1. The second-order valence-corrected chi connectivity index (χ2v) is 4.02. The van der Waals surface area contributed by atoms with E-state index >= 15 is 0 Å². The zero-order valence-electron chi connectivity index (χ0n) is 8.95. The lowest BCUT2D eigenvalue weighted by Crippen LogP contribution is -1.84. The van der Waals surface area contributed by atoms with Gasteiger partial charge in [0.15, 0.2) is 0 Å². The van der Waals surface area contributed by atoms with Crippen LogP contribution < -0.4 is 0 Å². The Morgan fingerprint density at radius 3 is 2.08 bits per heavy atom. The number of hydrogen-bond acceptors (Lipinski definition) is 0. The summed E-state index contributed by atoms with van der Waals surface area (Å²) in [5.74, 6) is 0.635. The first-order valence-corrected chi connectivity index (χ1v) is 6.07. The summed E-state index contributed by atoms with van der Waals surface area (Å²) in [4.78, 5) is 0. The van der Waals surface area contributed by atoms with Crippen LogP contribution in [0.25, 0.3) is 0 Å². The topological polar surface area (TPSA) is 0 Å². The molecule has 0 aromatic carbocycles. The fourth-order valence-corrected chi connectivity index (χ4v) is 1.53. The van der Waals surface area contributed by atoms with Crippen molar-refractivity contribution in [3.63, 3.8) is 0 Å². The maximum Gasteiger partial charge on any atom is 0.0430 e. The smallest absolute Gasteiger partial charge is 0.0430 e. The van der Waals surface area contributed by atoms with Crippen LogP contribution in [0.1, 0.15) is 58.3 Å². The van der Waals surface area contributed by atoms with Crippen LogP contribution in [0.4, 0.5) is 0 Å². The van der Waals surface area contributed by atoms with Gasteiger partial charge in [-0.05, 0) is 12.8 Å². The highest BCUT2D eigenvalue weighted by atomic mass is 35.5. The molecule has 0 aliphatic rings. The predicted octanol–water partition coefficient (Wildman–Crippen LogP) is 4.92. The Labute approximate surface area is 88.4 Å². The quantitative estimate of drug-likeness (QED) is 0.283. The van der Waals surface area contributed by atoms with E-state index in [0.717, 1.165) is 6.42 Å². The molecule has 0 bridgehead atoms. The average Bonchev–Trinajstić information content (AvgIpc) is 2.16. The van der Waals surface area contributed by atoms with Gasteiger partial charge in [-0.2, -0.15) is 0 Å². The van der Waals surface area contributed by atoms with Crippen LogP contribution in [-0.2, 0) is 0 Å². The normalized spacial score (nSPS) is 10.3. The van der Waals surface area contributed by atoms with E-state index in [0.29, 0.717) is 5.88 Å². The molecule has 78 valence electrons. The van der Waals surface area contributed by atoms with E-state index in [1.807, 2.05) is 0 Å². The van der Waals surface area contributed by atoms with E-state index in [-0.39, 0.29) is 0 Å². The lowest BCUT2D eigenvalue weighted by Gasteiger charge is -2.01. The maximum atomic E-state index is 5.63. The van der Waals surface area contributed by atoms with Crippen molar-refractivity contribution in [3.8, 4) is 0 Å². The molecule has 0 radical (unpaired) electrons. The van der Waals surface area contributed by atoms with Crippen molar-refractivity contribution in [2.45, 2.75) is 58.3 Å². The highest BCUT2D eigenvalue weighted by molar-refractivity contribution is 6.19. The summed E-state index contributed by atoms with van der Waals surface area (Å²) in [6, 6.07) is 0. The van der Waals surface area contributed by atoms with Crippen molar-refractivity contribution in [3.05, 3.63) is 12.2 Å². The standard InChI is InChI=1S/C12H23Cl/c1-3-4-5-6-7-8-9-10-12(2)11-13/h2-11H2,1H3. The first-order valence-electron chi connectivity index (χ1n) is 5.54. The van der Waals surface area contributed by atoms with Gasteiger partial charge in [-0.1, -0.05) is 57.6 Å². The molecule has 0 heterocycles. The van der Waals surface area contributed by atoms with Crippen LogP contribution in [-0.4, -0.2) is 5.88 Å². The van der Waals surface area contributed by atoms with Crippen molar-refractivity contribution >= 4 is 11.6 Å². The first-order chi connectivity index (χ1) is 6.31. The zero-order valence-corrected chi connectivity index (χ0v) is 9.70. The molecule has 0 N–H and O–H groups in total. The minimum atomic E-state index is 0.635. The lowest BCUT2D eigenvalue weighted by molar-refractivity contribution is 0.589. The summed E-state index contributed by atoms with van der Waals surface area (Å²) >= 11 is 5.63. The molecule has 13 heavy (non-hydrogen) atoms. The molecule has 0 atom stereocenters. The maximum absolute atomic E-state index is 5.63. The van der Waals surface area contributed by atoms with Gasteiger partial charge in [0.25, 0.3) is 0 Å². The van der Waals surface area contributed by atoms with E-state index in [9.17, 15) is 0 Å². The van der Waals surface area contributed by atoms with Crippen LogP contribution in [0.3, 0.4) is 0 Å². The first kappa shape index (κ1) is 13.0. The molecule has 0 saturated heterocycles. The second kappa shape index (κ2) is 10.1. The van der Waals surface area contributed by atoms with Crippen molar-refractivity contribution in [2.75, 3.05) is 5.88 Å². The predicted molar refractivity (Wildman–Crippen MR) is 62.5 cm³/mol. The minimum Gasteiger partial charge on any atom is -0.122 e. The van der Waals surface area contributed by atoms with E-state index < -0.39 is 0 Å². The summed E-state index contributed by atoms with van der Waals surface area (Å²) in [6.45, 7) is 6.14. The van der Waals surface area contributed by atoms with Crippen molar-refractivity contribution in [1.29, 1.82) is 0 Å². The van der Waals surface area contributed by atoms with Crippen LogP contribution in [0.15, 0.2) is 12.2 Å². The third-order valence-corrected chi connectivity index (χ3v) is 2.70. The molecule has 1 heteroatoms. The molecule has 0 unspecified atom stereocenters. The van der Waals surface area contributed by atoms with Crippen molar-refractivity contribution in [1.82, 2.24) is 0 Å². The molecule has 0 aromatic heterocycles. The minimum absolute atomic E-state index is 0.635. The van der Waals surface area contributed by atoms with E-state index in [4.69, 9.17) is 11.6 Å². The molecule has 0 aromatic rings. The molecular formula is C12H23Cl. The van der Waals surface area contributed by atoms with Crippen molar-refractivity contribution < 1.29 is 0 Å². The molecular weight excluding hydrogens is 180 g/mol. The highest BCUT2D eigenvalue weighted by Crippen LogP contribution is 2.11. The fourth-order valence-electron chi connectivity index (χ4n) is 1.40. The van der Waals surface area contributed by atoms with Gasteiger partial charge in [0.2, 0.25) is 0 Å². The van der Waals surface area contributed by atoms with E-state index in [2.05, 4.69) is 13.5 Å². The summed E-state index contributed by atoms with van der Waals surface area (Å²) in [7, 11) is 0. The highest BCUT2D eigenvalue weighted by Gasteiger charge is 1.93. The van der Waals surface area contributed by atoms with Gasteiger partial charge in [0, 0.05) is 5.88 Å². The van der Waals surface area contributed by atoms with Gasteiger partial charge in [-0.25, -0.2) is 0 Å². The van der Waals surface area contributed by atoms with Crippen LogP contribution in [0.2, 0.25) is 0 Å². The van der Waals surface area contributed by atoms with Crippen molar-refractivity contribution in [2.24, 2.45) is 0 Å². The Kier molecular flexibility index (Phi) is 10.1. The molecule has 0 rings (SSSR count). The zero-order chi connectivity index (χ0) is 9.94. The summed E-state index contributed by atoms with van der Waals surface area (Å²) in [5, 5.41) is 0. The number of unbranched alkanes of at least 4 members (excludes halogenated alkanes) is 6. The van der Waals surface area contributed by atoms with Crippen LogP contribution in [0.5, 0.6) is 0 Å². The molecule has 0 spiro atoms. The summed E-state index contributed by atoms with van der Waals surface area (Å²) < 4.78 is 0. The third-order valence-electron chi connectivity index (χ3n) is 2.32. The van der Waals surface area contributed by atoms with Gasteiger partial charge in [0.1, 0.15) is 0 Å². The summed E-state index contributed by atoms with van der Waals surface area (Å²) in [5.41, 5.74) is 1.19. The second-order valence-electron chi connectivity index (χ2n) is 3.75. The van der Waals surface area contributed by atoms with Crippen LogP contribution in [0, 0.1) is 0 Å². The van der Waals surface area contributed by atoms with Gasteiger partial charge < -0.3 is 0 Å². The Balaban J connectivity index is 2.95. The number of halogens is 1. The number of hydrogen-bond donors (Lipinski definition) is 0. The van der Waals surface area contributed by atoms with Crippen LogP contribution >= 0.6 is 11.6 Å². The largest absolute Gasteiger partial charge is 0.122 e. The Hall–Kier alpha value is 0.0300. The number of alkyl halides is 1. The van der Waals surface area contributed by atoms with Gasteiger partial charge in [-0.3, -0.25) is 0 Å². The van der Waals surface area contributed by atoms with Gasteiger partial charge in [0.05, 0.1) is 0 Å². The monoisotopic (exact) mass is 202 g/mol. The SMILES string of the molecule is C=C(CCl)CCCCCCCCC. The molecule has 0 aliphatic carbocycles. The molecule has 0 fully saturated rings. The fraction of sp³-hybridized carbons (Fsp3) is 0.833. The Morgan fingerprint density at radius 1 is 1.00 bits per heavy atom. The number of rotatable bonds is 9. The number of allylic oxidation sites excluding steroid dienone is 1.